The molecule has 1 aliphatic heterocycles. The van der Waals surface area contributed by atoms with Gasteiger partial charge in [-0.1, -0.05) is 5.16 Å². The van der Waals surface area contributed by atoms with Crippen LogP contribution in [0.25, 0.3) is 11.5 Å². The Morgan fingerprint density at radius 2 is 2.09 bits per heavy atom. The van der Waals surface area contributed by atoms with E-state index in [1.807, 2.05) is 0 Å². The van der Waals surface area contributed by atoms with Crippen molar-refractivity contribution < 1.29 is 18.5 Å². The fourth-order valence-corrected chi connectivity index (χ4v) is 2.73. The van der Waals surface area contributed by atoms with Crippen LogP contribution in [0.3, 0.4) is 0 Å². The summed E-state index contributed by atoms with van der Waals surface area (Å²) in [5.41, 5.74) is 6.13. The highest BCUT2D eigenvalue weighted by molar-refractivity contribution is 6.00. The molecule has 0 saturated carbocycles. The SMILES string of the molecule is Cc1onc(-c2ccco2)c1C(=O)N1CCC(C(N)=O)CC1. The summed E-state index contributed by atoms with van der Waals surface area (Å²) in [5, 5.41) is 3.93. The third-order valence-electron chi connectivity index (χ3n) is 4.02. The summed E-state index contributed by atoms with van der Waals surface area (Å²) in [4.78, 5) is 25.6. The fourth-order valence-electron chi connectivity index (χ4n) is 2.73. The van der Waals surface area contributed by atoms with E-state index < -0.39 is 0 Å². The van der Waals surface area contributed by atoms with Crippen molar-refractivity contribution in [3.8, 4) is 11.5 Å². The molecule has 116 valence electrons. The van der Waals surface area contributed by atoms with Crippen LogP contribution in [0, 0.1) is 12.8 Å². The van der Waals surface area contributed by atoms with Crippen LogP contribution in [-0.2, 0) is 4.79 Å². The molecule has 1 aliphatic rings. The average Bonchev–Trinajstić information content (AvgIpc) is 3.15. The number of nitrogens with zero attached hydrogens (tertiary/aromatic N) is 2. The van der Waals surface area contributed by atoms with Gasteiger partial charge >= 0.3 is 0 Å². The zero-order valence-electron chi connectivity index (χ0n) is 12.2. The number of carbonyl (C=O) groups excluding carboxylic acids is 2. The fraction of sp³-hybridized carbons (Fsp3) is 0.400. The molecule has 2 aromatic rings. The first-order chi connectivity index (χ1) is 10.6. The van der Waals surface area contributed by atoms with Crippen molar-refractivity contribution in [1.29, 1.82) is 0 Å². The lowest BCUT2D eigenvalue weighted by atomic mass is 9.95. The number of aromatic nitrogens is 1. The number of carbonyl (C=O) groups is 2. The zero-order valence-corrected chi connectivity index (χ0v) is 12.2. The van der Waals surface area contributed by atoms with Gasteiger partial charge in [-0.15, -0.1) is 0 Å². The maximum atomic E-state index is 12.7. The third kappa shape index (κ3) is 2.49. The molecule has 22 heavy (non-hydrogen) atoms. The van der Waals surface area contributed by atoms with E-state index in [9.17, 15) is 9.59 Å². The summed E-state index contributed by atoms with van der Waals surface area (Å²) in [6, 6.07) is 3.46. The first kappa shape index (κ1) is 14.4. The molecule has 0 atom stereocenters. The van der Waals surface area contributed by atoms with Crippen molar-refractivity contribution in [2.75, 3.05) is 13.1 Å². The minimum atomic E-state index is -0.301. The number of rotatable bonds is 3. The topological polar surface area (TPSA) is 103 Å². The Hall–Kier alpha value is -2.57. The highest BCUT2D eigenvalue weighted by atomic mass is 16.5. The number of furan rings is 1. The average molecular weight is 303 g/mol. The minimum absolute atomic E-state index is 0.155. The van der Waals surface area contributed by atoms with E-state index in [4.69, 9.17) is 14.7 Å². The molecule has 0 radical (unpaired) electrons. The van der Waals surface area contributed by atoms with Gasteiger partial charge in [-0.2, -0.15) is 0 Å². The number of nitrogens with two attached hydrogens (primary N) is 1. The van der Waals surface area contributed by atoms with Gasteiger partial charge in [0.1, 0.15) is 11.3 Å². The number of piperidine rings is 1. The number of primary amides is 1. The number of aryl methyl sites for hydroxylation is 1. The lowest BCUT2D eigenvalue weighted by molar-refractivity contribution is -0.123. The van der Waals surface area contributed by atoms with E-state index in [2.05, 4.69) is 5.16 Å². The van der Waals surface area contributed by atoms with Gasteiger partial charge in [-0.3, -0.25) is 9.59 Å². The monoisotopic (exact) mass is 303 g/mol. The van der Waals surface area contributed by atoms with Crippen LogP contribution in [0.1, 0.15) is 29.0 Å². The van der Waals surface area contributed by atoms with Crippen molar-refractivity contribution >= 4 is 11.8 Å². The van der Waals surface area contributed by atoms with Crippen molar-refractivity contribution in [2.45, 2.75) is 19.8 Å². The summed E-state index contributed by atoms with van der Waals surface area (Å²) in [6.45, 7) is 2.69. The first-order valence-electron chi connectivity index (χ1n) is 7.16. The lowest BCUT2D eigenvalue weighted by Gasteiger charge is -2.30. The quantitative estimate of drug-likeness (QED) is 0.927. The second-order valence-electron chi connectivity index (χ2n) is 5.41. The van der Waals surface area contributed by atoms with Gasteiger partial charge in [-0.25, -0.2) is 0 Å². The Balaban J connectivity index is 1.82. The molecule has 1 fully saturated rings. The molecule has 0 bridgehead atoms. The Kier molecular flexibility index (Phi) is 3.70. The first-order valence-corrected chi connectivity index (χ1v) is 7.16. The predicted molar refractivity (Wildman–Crippen MR) is 76.8 cm³/mol. The molecule has 7 heteroatoms. The lowest BCUT2D eigenvalue weighted by Crippen LogP contribution is -2.41. The molecule has 0 spiro atoms. The van der Waals surface area contributed by atoms with E-state index in [0.29, 0.717) is 48.7 Å². The second-order valence-corrected chi connectivity index (χ2v) is 5.41. The Labute approximate surface area is 127 Å². The largest absolute Gasteiger partial charge is 0.463 e. The van der Waals surface area contributed by atoms with Crippen LogP contribution >= 0.6 is 0 Å². The van der Waals surface area contributed by atoms with Crippen LogP contribution in [-0.4, -0.2) is 35.0 Å². The summed E-state index contributed by atoms with van der Waals surface area (Å²) in [5.74, 6) is 0.329. The molecular formula is C15H17N3O4. The number of amides is 2. The van der Waals surface area contributed by atoms with Crippen molar-refractivity contribution in [3.63, 3.8) is 0 Å². The summed E-state index contributed by atoms with van der Waals surface area (Å²) < 4.78 is 10.5. The van der Waals surface area contributed by atoms with Crippen LogP contribution in [0.2, 0.25) is 0 Å². The van der Waals surface area contributed by atoms with Gasteiger partial charge in [0.05, 0.1) is 6.26 Å². The number of likely N-dealkylation sites (tertiary alicyclic amines) is 1. The van der Waals surface area contributed by atoms with Crippen LogP contribution in [0.5, 0.6) is 0 Å². The third-order valence-corrected chi connectivity index (χ3v) is 4.02. The second kappa shape index (κ2) is 5.67. The predicted octanol–water partition coefficient (Wildman–Crippen LogP) is 1.58. The summed E-state index contributed by atoms with van der Waals surface area (Å²) in [6.07, 6.45) is 2.69. The van der Waals surface area contributed by atoms with Crippen LogP contribution < -0.4 is 5.73 Å². The molecule has 2 N–H and O–H groups in total. The molecule has 3 heterocycles. The Bertz CT molecular complexity index is 682. The molecule has 7 nitrogen and oxygen atoms in total. The van der Waals surface area contributed by atoms with Gasteiger partial charge in [0.25, 0.3) is 5.91 Å². The normalized spacial score (nSPS) is 16.0. The molecule has 0 unspecified atom stereocenters. The number of hydrogen-bond acceptors (Lipinski definition) is 5. The molecular weight excluding hydrogens is 286 g/mol. The van der Waals surface area contributed by atoms with Gasteiger partial charge in [-0.05, 0) is 31.9 Å². The molecule has 0 aromatic carbocycles. The van der Waals surface area contributed by atoms with E-state index in [1.54, 1.807) is 24.0 Å². The molecule has 1 saturated heterocycles. The van der Waals surface area contributed by atoms with Crippen LogP contribution in [0.4, 0.5) is 0 Å². The van der Waals surface area contributed by atoms with E-state index in [-0.39, 0.29) is 17.7 Å². The summed E-state index contributed by atoms with van der Waals surface area (Å²) in [7, 11) is 0. The minimum Gasteiger partial charge on any atom is -0.463 e. The smallest absolute Gasteiger partial charge is 0.259 e. The maximum absolute atomic E-state index is 12.7. The van der Waals surface area contributed by atoms with E-state index in [0.717, 1.165) is 0 Å². The van der Waals surface area contributed by atoms with Crippen molar-refractivity contribution in [2.24, 2.45) is 11.7 Å². The van der Waals surface area contributed by atoms with Crippen molar-refractivity contribution in [3.05, 3.63) is 29.7 Å². The Morgan fingerprint density at radius 1 is 1.36 bits per heavy atom. The highest BCUT2D eigenvalue weighted by Crippen LogP contribution is 2.28. The van der Waals surface area contributed by atoms with Gasteiger partial charge in [0.2, 0.25) is 5.91 Å². The van der Waals surface area contributed by atoms with Crippen molar-refractivity contribution in [1.82, 2.24) is 10.1 Å². The van der Waals surface area contributed by atoms with E-state index >= 15 is 0 Å². The maximum Gasteiger partial charge on any atom is 0.259 e. The highest BCUT2D eigenvalue weighted by Gasteiger charge is 2.31. The van der Waals surface area contributed by atoms with E-state index in [1.165, 1.54) is 6.26 Å². The molecule has 2 amide bonds. The van der Waals surface area contributed by atoms with Gasteiger partial charge in [0, 0.05) is 19.0 Å². The molecule has 0 aliphatic carbocycles. The molecule has 3 rings (SSSR count). The van der Waals surface area contributed by atoms with Crippen LogP contribution in [0.15, 0.2) is 27.3 Å². The summed E-state index contributed by atoms with van der Waals surface area (Å²) >= 11 is 0. The zero-order chi connectivity index (χ0) is 15.7. The Morgan fingerprint density at radius 3 is 2.68 bits per heavy atom. The van der Waals surface area contributed by atoms with Gasteiger partial charge < -0.3 is 19.6 Å². The van der Waals surface area contributed by atoms with Gasteiger partial charge in [0.15, 0.2) is 11.5 Å². The number of hydrogen-bond donors (Lipinski definition) is 1. The molecule has 2 aromatic heterocycles. The standard InChI is InChI=1S/C15H17N3O4/c1-9-12(13(17-22-9)11-3-2-8-21-11)15(20)18-6-4-10(5-7-18)14(16)19/h2-3,8,10H,4-7H2,1H3,(H2,16,19).